The van der Waals surface area contributed by atoms with E-state index < -0.39 is 0 Å². The maximum Gasteiger partial charge on any atom is 0.233 e. The first kappa shape index (κ1) is 29.6. The minimum atomic E-state index is 0.135. The van der Waals surface area contributed by atoms with Gasteiger partial charge in [0.05, 0.1) is 11.9 Å². The number of thioether (sulfide) groups is 2. The van der Waals surface area contributed by atoms with E-state index in [-0.39, 0.29) is 22.9 Å². The van der Waals surface area contributed by atoms with Crippen molar-refractivity contribution in [2.24, 2.45) is 0 Å². The van der Waals surface area contributed by atoms with Crippen molar-refractivity contribution in [1.82, 2.24) is 9.80 Å². The molecule has 1 aliphatic rings. The van der Waals surface area contributed by atoms with Gasteiger partial charge in [0.25, 0.3) is 0 Å². The minimum Gasteiger partial charge on any atom is -0.330 e. The number of hydrogen-bond donors (Lipinski definition) is 0. The molecular formula is C29H50N2OS2. The smallest absolute Gasteiger partial charge is 0.233 e. The molecule has 1 saturated carbocycles. The van der Waals surface area contributed by atoms with Crippen LogP contribution in [-0.4, -0.2) is 58.3 Å². The molecule has 0 aliphatic heterocycles. The summed E-state index contributed by atoms with van der Waals surface area (Å²) in [5.41, 5.74) is 3.11. The highest BCUT2D eigenvalue weighted by Crippen LogP contribution is 2.42. The topological polar surface area (TPSA) is 23.6 Å². The fourth-order valence-corrected chi connectivity index (χ4v) is 7.54. The van der Waals surface area contributed by atoms with Gasteiger partial charge in [0.1, 0.15) is 0 Å². The predicted octanol–water partition coefficient (Wildman–Crippen LogP) is 7.56. The lowest BCUT2D eigenvalue weighted by Crippen LogP contribution is -2.48. The molecule has 0 radical (unpaired) electrons. The average molecular weight is 507 g/mol. The molecule has 0 spiro atoms. The van der Waals surface area contributed by atoms with Crippen LogP contribution < -0.4 is 0 Å². The molecular weight excluding hydrogens is 456 g/mol. The summed E-state index contributed by atoms with van der Waals surface area (Å²) in [5.74, 6) is 0.836. The van der Waals surface area contributed by atoms with Crippen LogP contribution in [0.15, 0.2) is 23.1 Å². The summed E-state index contributed by atoms with van der Waals surface area (Å²) < 4.78 is 0. The van der Waals surface area contributed by atoms with Gasteiger partial charge in [-0.1, -0.05) is 74.3 Å². The van der Waals surface area contributed by atoms with Crippen LogP contribution in [0.5, 0.6) is 0 Å². The third-order valence-corrected chi connectivity index (χ3v) is 10.2. The van der Waals surface area contributed by atoms with Gasteiger partial charge in [0.2, 0.25) is 5.91 Å². The van der Waals surface area contributed by atoms with Crippen LogP contribution in [0.2, 0.25) is 0 Å². The molecule has 1 amide bonds. The second-order valence-corrected chi connectivity index (χ2v) is 14.4. The van der Waals surface area contributed by atoms with Gasteiger partial charge in [0, 0.05) is 22.4 Å². The third kappa shape index (κ3) is 8.20. The second-order valence-electron chi connectivity index (χ2n) is 11.9. The first-order valence-corrected chi connectivity index (χ1v) is 15.1. The molecule has 3 atom stereocenters. The van der Waals surface area contributed by atoms with Crippen LogP contribution in [0.4, 0.5) is 0 Å². The second kappa shape index (κ2) is 12.5. The Morgan fingerprint density at radius 2 is 1.44 bits per heavy atom. The minimum absolute atomic E-state index is 0.135. The molecule has 34 heavy (non-hydrogen) atoms. The molecule has 1 aromatic rings. The Labute approximate surface area is 219 Å². The average Bonchev–Trinajstić information content (AvgIpc) is 2.77. The van der Waals surface area contributed by atoms with Crippen LogP contribution in [-0.2, 0) is 15.6 Å². The summed E-state index contributed by atoms with van der Waals surface area (Å²) in [6, 6.07) is 7.24. The van der Waals surface area contributed by atoms with Crippen LogP contribution in [0.3, 0.4) is 0 Å². The largest absolute Gasteiger partial charge is 0.330 e. The molecule has 1 aromatic carbocycles. The van der Waals surface area contributed by atoms with Gasteiger partial charge in [-0.05, 0) is 66.9 Å². The fraction of sp³-hybridized carbons (Fsp3) is 0.759. The van der Waals surface area contributed by atoms with E-state index in [0.717, 1.165) is 13.1 Å². The summed E-state index contributed by atoms with van der Waals surface area (Å²) in [6.45, 7) is 22.3. The maximum absolute atomic E-state index is 13.0. The van der Waals surface area contributed by atoms with Gasteiger partial charge in [-0.15, -0.1) is 23.5 Å². The summed E-state index contributed by atoms with van der Waals surface area (Å²) in [6.07, 6.45) is 5.19. The van der Waals surface area contributed by atoms with E-state index in [1.54, 1.807) is 0 Å². The van der Waals surface area contributed by atoms with Gasteiger partial charge in [-0.3, -0.25) is 9.69 Å². The van der Waals surface area contributed by atoms with E-state index in [0.29, 0.717) is 16.3 Å². The first-order valence-electron chi connectivity index (χ1n) is 13.2. The van der Waals surface area contributed by atoms with Gasteiger partial charge >= 0.3 is 0 Å². The standard InChI is InChI=1S/C29H50N2OS2/c1-11-31(12-2)21(3)30(10)27(32)20-33-25-15-13-14-16-26(25)34-24-18-22(28(4,5)6)17-23(19-24)29(7,8)9/h17-19,21,25-26H,11-16,20H2,1-10H3. The van der Waals surface area contributed by atoms with Gasteiger partial charge in [-0.2, -0.15) is 0 Å². The predicted molar refractivity (Wildman–Crippen MR) is 153 cm³/mol. The van der Waals surface area contributed by atoms with Crippen molar-refractivity contribution in [1.29, 1.82) is 0 Å². The highest BCUT2D eigenvalue weighted by Gasteiger charge is 2.29. The highest BCUT2D eigenvalue weighted by atomic mass is 32.2. The lowest BCUT2D eigenvalue weighted by atomic mass is 9.81. The molecule has 3 nitrogen and oxygen atoms in total. The summed E-state index contributed by atoms with van der Waals surface area (Å²) >= 11 is 3.95. The molecule has 194 valence electrons. The quantitative estimate of drug-likeness (QED) is 0.322. The molecule has 0 heterocycles. The molecule has 3 unspecified atom stereocenters. The number of nitrogens with zero attached hydrogens (tertiary/aromatic N) is 2. The molecule has 0 bridgehead atoms. The van der Waals surface area contributed by atoms with E-state index >= 15 is 0 Å². The summed E-state index contributed by atoms with van der Waals surface area (Å²) in [4.78, 5) is 18.7. The Bertz CT molecular complexity index is 760. The Morgan fingerprint density at radius 1 is 0.941 bits per heavy atom. The number of carbonyl (C=O) groups is 1. The van der Waals surface area contributed by atoms with Gasteiger partial charge < -0.3 is 4.90 Å². The number of amides is 1. The van der Waals surface area contributed by atoms with Gasteiger partial charge in [0.15, 0.2) is 0 Å². The summed E-state index contributed by atoms with van der Waals surface area (Å²) in [5, 5.41) is 1.11. The molecule has 1 aliphatic carbocycles. The third-order valence-electron chi connectivity index (χ3n) is 7.28. The van der Waals surface area contributed by atoms with Gasteiger partial charge in [-0.25, -0.2) is 0 Å². The zero-order valence-corrected chi connectivity index (χ0v) is 25.2. The van der Waals surface area contributed by atoms with Crippen molar-refractivity contribution in [3.05, 3.63) is 29.3 Å². The Morgan fingerprint density at radius 3 is 1.91 bits per heavy atom. The van der Waals surface area contributed by atoms with E-state index in [1.807, 2.05) is 23.7 Å². The monoisotopic (exact) mass is 506 g/mol. The van der Waals surface area contributed by atoms with Crippen molar-refractivity contribution < 1.29 is 4.79 Å². The van der Waals surface area contributed by atoms with Crippen molar-refractivity contribution in [2.45, 2.75) is 120 Å². The van der Waals surface area contributed by atoms with Crippen molar-refractivity contribution >= 4 is 29.4 Å². The molecule has 0 N–H and O–H groups in total. The van der Waals surface area contributed by atoms with E-state index in [4.69, 9.17) is 0 Å². The zero-order valence-electron chi connectivity index (χ0n) is 23.5. The highest BCUT2D eigenvalue weighted by molar-refractivity contribution is 8.04. The fourth-order valence-electron chi connectivity index (χ4n) is 4.58. The Hall–Kier alpha value is -0.650. The van der Waals surface area contributed by atoms with Crippen LogP contribution in [0.1, 0.15) is 99.1 Å². The number of hydrogen-bond acceptors (Lipinski definition) is 4. The Balaban J connectivity index is 2.13. The molecule has 0 aromatic heterocycles. The number of carbonyl (C=O) groups excluding carboxylic acids is 1. The van der Waals surface area contributed by atoms with E-state index in [9.17, 15) is 4.79 Å². The first-order chi connectivity index (χ1) is 15.8. The molecule has 1 fully saturated rings. The maximum atomic E-state index is 13.0. The van der Waals surface area contributed by atoms with Crippen molar-refractivity contribution in [3.8, 4) is 0 Å². The van der Waals surface area contributed by atoms with Crippen LogP contribution in [0, 0.1) is 0 Å². The number of benzene rings is 1. The summed E-state index contributed by atoms with van der Waals surface area (Å²) in [7, 11) is 1.96. The molecule has 0 saturated heterocycles. The van der Waals surface area contributed by atoms with E-state index in [2.05, 4.69) is 97.2 Å². The lowest BCUT2D eigenvalue weighted by Gasteiger charge is -2.35. The molecule has 5 heteroatoms. The number of rotatable bonds is 9. The van der Waals surface area contributed by atoms with Crippen LogP contribution in [0.25, 0.3) is 0 Å². The van der Waals surface area contributed by atoms with Crippen LogP contribution >= 0.6 is 23.5 Å². The zero-order chi connectivity index (χ0) is 25.7. The van der Waals surface area contributed by atoms with Crippen molar-refractivity contribution in [2.75, 3.05) is 25.9 Å². The normalized spacial score (nSPS) is 20.4. The SMILES string of the molecule is CCN(CC)C(C)N(C)C(=O)CSC1CCCCC1Sc1cc(C(C)(C)C)cc(C(C)(C)C)c1. The van der Waals surface area contributed by atoms with Crippen molar-refractivity contribution in [3.63, 3.8) is 0 Å². The Kier molecular flexibility index (Phi) is 10.9. The molecule has 2 rings (SSSR count). The lowest BCUT2D eigenvalue weighted by molar-refractivity contribution is -0.132. The van der Waals surface area contributed by atoms with E-state index in [1.165, 1.54) is 41.7 Å².